The molecule has 0 saturated carbocycles. The lowest BCUT2D eigenvalue weighted by molar-refractivity contribution is 0.284. The summed E-state index contributed by atoms with van der Waals surface area (Å²) in [5, 5.41) is 4.24. The highest BCUT2D eigenvalue weighted by molar-refractivity contribution is 9.10. The smallest absolute Gasteiger partial charge is 0.161 e. The molecule has 0 aliphatic carbocycles. The number of methoxy groups -OCH3 is 1. The van der Waals surface area contributed by atoms with Gasteiger partial charge in [-0.25, -0.2) is 0 Å². The molecule has 4 nitrogen and oxygen atoms in total. The largest absolute Gasteiger partial charge is 0.493 e. The van der Waals surface area contributed by atoms with E-state index in [1.54, 1.807) is 13.3 Å². The summed E-state index contributed by atoms with van der Waals surface area (Å²) in [6.07, 6.45) is 1.74. The summed E-state index contributed by atoms with van der Waals surface area (Å²) in [6.45, 7) is 0.479. The predicted molar refractivity (Wildman–Crippen MR) is 109 cm³/mol. The lowest BCUT2D eigenvalue weighted by Crippen LogP contribution is -1.98. The molecule has 0 amide bonds. The van der Waals surface area contributed by atoms with Crippen LogP contribution in [0.1, 0.15) is 11.1 Å². The fourth-order valence-electron chi connectivity index (χ4n) is 2.32. The van der Waals surface area contributed by atoms with Crippen molar-refractivity contribution in [2.45, 2.75) is 6.61 Å². The summed E-state index contributed by atoms with van der Waals surface area (Å²) in [5.74, 6) is 1.37. The number of hydrogen-bond donors (Lipinski definition) is 1. The zero-order chi connectivity index (χ0) is 18.2. The highest BCUT2D eigenvalue weighted by Gasteiger charge is 2.05. The summed E-state index contributed by atoms with van der Waals surface area (Å²) >= 11 is 3.43. The van der Waals surface area contributed by atoms with Gasteiger partial charge < -0.3 is 9.47 Å². The molecule has 0 bridgehead atoms. The fraction of sp³-hybridized carbons (Fsp3) is 0.0952. The summed E-state index contributed by atoms with van der Waals surface area (Å²) < 4.78 is 12.4. The summed E-state index contributed by atoms with van der Waals surface area (Å²) in [4.78, 5) is 0. The highest BCUT2D eigenvalue weighted by Crippen LogP contribution is 2.28. The van der Waals surface area contributed by atoms with Crippen LogP contribution in [0.25, 0.3) is 0 Å². The van der Waals surface area contributed by atoms with E-state index in [0.717, 1.165) is 21.3 Å². The first-order valence-electron chi connectivity index (χ1n) is 8.14. The molecular weight excluding hydrogens is 392 g/mol. The van der Waals surface area contributed by atoms with Gasteiger partial charge in [-0.3, -0.25) is 5.43 Å². The molecule has 3 aromatic rings. The van der Waals surface area contributed by atoms with Crippen molar-refractivity contribution in [3.8, 4) is 11.5 Å². The maximum atomic E-state index is 5.88. The maximum Gasteiger partial charge on any atom is 0.161 e. The van der Waals surface area contributed by atoms with E-state index in [0.29, 0.717) is 18.1 Å². The van der Waals surface area contributed by atoms with E-state index < -0.39 is 0 Å². The number of nitrogens with one attached hydrogen (secondary N) is 1. The Morgan fingerprint density at radius 2 is 1.73 bits per heavy atom. The third kappa shape index (κ3) is 5.10. The second kappa shape index (κ2) is 9.06. The van der Waals surface area contributed by atoms with E-state index in [2.05, 4.69) is 26.5 Å². The monoisotopic (exact) mass is 410 g/mol. The minimum atomic E-state index is 0.479. The number of hydrogen-bond acceptors (Lipinski definition) is 4. The van der Waals surface area contributed by atoms with Crippen LogP contribution in [0.15, 0.2) is 82.4 Å². The van der Waals surface area contributed by atoms with Crippen molar-refractivity contribution in [2.24, 2.45) is 5.10 Å². The Kier molecular flexibility index (Phi) is 6.28. The molecule has 0 saturated heterocycles. The van der Waals surface area contributed by atoms with Gasteiger partial charge in [0.15, 0.2) is 11.5 Å². The van der Waals surface area contributed by atoms with Gasteiger partial charge in [-0.15, -0.1) is 0 Å². The minimum absolute atomic E-state index is 0.479. The van der Waals surface area contributed by atoms with Crippen molar-refractivity contribution in [2.75, 3.05) is 12.5 Å². The Hall–Kier alpha value is -2.79. The first-order valence-corrected chi connectivity index (χ1v) is 8.93. The van der Waals surface area contributed by atoms with Crippen molar-refractivity contribution in [3.05, 3.63) is 88.4 Å². The van der Waals surface area contributed by atoms with Crippen molar-refractivity contribution >= 4 is 27.8 Å². The third-order valence-corrected chi connectivity index (χ3v) is 4.21. The Labute approximate surface area is 161 Å². The molecule has 0 aliphatic heterocycles. The maximum absolute atomic E-state index is 5.88. The van der Waals surface area contributed by atoms with E-state index in [1.807, 2.05) is 72.8 Å². The van der Waals surface area contributed by atoms with Gasteiger partial charge in [0.05, 0.1) is 19.0 Å². The fourth-order valence-corrected chi connectivity index (χ4v) is 2.58. The predicted octanol–water partition coefficient (Wildman–Crippen LogP) is 5.48. The molecule has 3 aromatic carbocycles. The molecule has 0 unspecified atom stereocenters. The van der Waals surface area contributed by atoms with Crippen LogP contribution in [-0.4, -0.2) is 13.3 Å². The second-order valence-corrected chi connectivity index (χ2v) is 6.48. The van der Waals surface area contributed by atoms with Gasteiger partial charge in [0.1, 0.15) is 6.61 Å². The van der Waals surface area contributed by atoms with E-state index in [4.69, 9.17) is 9.47 Å². The van der Waals surface area contributed by atoms with Gasteiger partial charge >= 0.3 is 0 Å². The van der Waals surface area contributed by atoms with Crippen molar-refractivity contribution < 1.29 is 9.47 Å². The zero-order valence-corrected chi connectivity index (χ0v) is 15.9. The molecule has 0 heterocycles. The lowest BCUT2D eigenvalue weighted by Gasteiger charge is -2.11. The van der Waals surface area contributed by atoms with Crippen LogP contribution in [0.2, 0.25) is 0 Å². The molecule has 1 N–H and O–H groups in total. The quantitative estimate of drug-likeness (QED) is 0.414. The van der Waals surface area contributed by atoms with Crippen molar-refractivity contribution in [1.29, 1.82) is 0 Å². The average Bonchev–Trinajstić information content (AvgIpc) is 2.69. The Morgan fingerprint density at radius 1 is 0.962 bits per heavy atom. The van der Waals surface area contributed by atoms with Gasteiger partial charge in [0, 0.05) is 4.47 Å². The third-order valence-electron chi connectivity index (χ3n) is 3.68. The van der Waals surface area contributed by atoms with Gasteiger partial charge in [-0.05, 0) is 53.6 Å². The highest BCUT2D eigenvalue weighted by atomic mass is 79.9. The molecule has 3 rings (SSSR count). The van der Waals surface area contributed by atoms with Crippen LogP contribution in [0.4, 0.5) is 5.69 Å². The number of rotatable bonds is 7. The number of nitrogens with zero attached hydrogens (tertiary/aromatic N) is 1. The normalized spacial score (nSPS) is 10.7. The van der Waals surface area contributed by atoms with Gasteiger partial charge in [-0.2, -0.15) is 5.10 Å². The molecule has 0 radical (unpaired) electrons. The molecule has 0 aromatic heterocycles. The summed E-state index contributed by atoms with van der Waals surface area (Å²) in [5.41, 5.74) is 5.93. The summed E-state index contributed by atoms with van der Waals surface area (Å²) in [6, 6.07) is 23.5. The minimum Gasteiger partial charge on any atom is -0.493 e. The number of para-hydroxylation sites is 1. The van der Waals surface area contributed by atoms with Crippen molar-refractivity contribution in [3.63, 3.8) is 0 Å². The van der Waals surface area contributed by atoms with Crippen molar-refractivity contribution in [1.82, 2.24) is 0 Å². The van der Waals surface area contributed by atoms with Crippen LogP contribution in [0.5, 0.6) is 11.5 Å². The molecule has 0 spiro atoms. The van der Waals surface area contributed by atoms with Crippen LogP contribution >= 0.6 is 15.9 Å². The number of anilines is 1. The molecule has 0 atom stereocenters. The van der Waals surface area contributed by atoms with Crippen LogP contribution in [0.3, 0.4) is 0 Å². The molecule has 5 heteroatoms. The number of ether oxygens (including phenoxy) is 2. The zero-order valence-electron chi connectivity index (χ0n) is 14.4. The van der Waals surface area contributed by atoms with Gasteiger partial charge in [-0.1, -0.05) is 46.3 Å². The SMILES string of the molecule is COc1cc(C=NNc2ccccc2)ccc1OCc1ccc(Br)cc1. The molecule has 0 fully saturated rings. The van der Waals surface area contributed by atoms with Crippen LogP contribution < -0.4 is 14.9 Å². The second-order valence-electron chi connectivity index (χ2n) is 5.56. The molecule has 0 aliphatic rings. The first kappa shape index (κ1) is 18.0. The average molecular weight is 411 g/mol. The van der Waals surface area contributed by atoms with E-state index in [1.165, 1.54) is 0 Å². The summed E-state index contributed by atoms with van der Waals surface area (Å²) in [7, 11) is 1.63. The standard InChI is InChI=1S/C21H19BrN2O2/c1-25-21-13-17(14-23-24-19-5-3-2-4-6-19)9-12-20(21)26-15-16-7-10-18(22)11-8-16/h2-14,24H,15H2,1H3. The topological polar surface area (TPSA) is 42.8 Å². The molecular formula is C21H19BrN2O2. The van der Waals surface area contributed by atoms with Crippen LogP contribution in [0, 0.1) is 0 Å². The van der Waals surface area contributed by atoms with Crippen LogP contribution in [-0.2, 0) is 6.61 Å². The van der Waals surface area contributed by atoms with E-state index >= 15 is 0 Å². The van der Waals surface area contributed by atoms with Gasteiger partial charge in [0.25, 0.3) is 0 Å². The molecule has 132 valence electrons. The number of halogens is 1. The number of benzene rings is 3. The Balaban J connectivity index is 1.64. The Morgan fingerprint density at radius 3 is 2.46 bits per heavy atom. The van der Waals surface area contributed by atoms with Gasteiger partial charge in [0.2, 0.25) is 0 Å². The first-order chi connectivity index (χ1) is 12.7. The lowest BCUT2D eigenvalue weighted by atomic mass is 10.2. The number of hydrazone groups is 1. The molecule has 26 heavy (non-hydrogen) atoms. The van der Waals surface area contributed by atoms with E-state index in [9.17, 15) is 0 Å². The Bertz CT molecular complexity index is 865. The van der Waals surface area contributed by atoms with E-state index in [-0.39, 0.29) is 0 Å².